The average Bonchev–Trinajstić information content (AvgIpc) is 2.72. The van der Waals surface area contributed by atoms with Crippen molar-refractivity contribution in [1.29, 1.82) is 0 Å². The summed E-state index contributed by atoms with van der Waals surface area (Å²) in [4.78, 5) is 8.18. The number of fused-ring (bicyclic) bond motifs is 1. The molecule has 1 aromatic carbocycles. The zero-order valence-electron chi connectivity index (χ0n) is 9.93. The van der Waals surface area contributed by atoms with E-state index in [4.69, 9.17) is 28.9 Å². The molecule has 0 spiro atoms. The molecular weight excluding hydrogens is 285 g/mol. The van der Waals surface area contributed by atoms with E-state index in [9.17, 15) is 0 Å². The van der Waals surface area contributed by atoms with Crippen LogP contribution in [0.2, 0.25) is 10.0 Å². The van der Waals surface area contributed by atoms with Gasteiger partial charge in [-0.05, 0) is 12.1 Å². The zero-order valence-corrected chi connectivity index (χ0v) is 11.4. The van der Waals surface area contributed by atoms with Crippen molar-refractivity contribution in [2.24, 2.45) is 7.05 Å². The first-order valence-corrected chi connectivity index (χ1v) is 6.22. The van der Waals surface area contributed by atoms with E-state index in [1.54, 1.807) is 23.9 Å². The maximum Gasteiger partial charge on any atom is 0.163 e. The fourth-order valence-corrected chi connectivity index (χ4v) is 2.25. The van der Waals surface area contributed by atoms with Crippen LogP contribution in [0.3, 0.4) is 0 Å². The highest BCUT2D eigenvalue weighted by Crippen LogP contribution is 2.33. The molecule has 3 rings (SSSR count). The first-order chi connectivity index (χ1) is 9.08. The van der Waals surface area contributed by atoms with Crippen molar-refractivity contribution in [3.8, 4) is 11.3 Å². The molecule has 19 heavy (non-hydrogen) atoms. The van der Waals surface area contributed by atoms with Gasteiger partial charge in [0.25, 0.3) is 0 Å². The number of halogens is 2. The van der Waals surface area contributed by atoms with Crippen LogP contribution < -0.4 is 5.73 Å². The summed E-state index contributed by atoms with van der Waals surface area (Å²) in [6.07, 6.45) is 1.41. The summed E-state index contributed by atoms with van der Waals surface area (Å²) in [6.45, 7) is 0. The number of aromatic nitrogens is 4. The number of aryl methyl sites for hydroxylation is 1. The highest BCUT2D eigenvalue weighted by atomic mass is 35.5. The molecule has 2 heterocycles. The molecule has 5 nitrogen and oxygen atoms in total. The molecule has 0 atom stereocenters. The number of benzene rings is 1. The monoisotopic (exact) mass is 293 g/mol. The van der Waals surface area contributed by atoms with Gasteiger partial charge in [0.05, 0.1) is 15.4 Å². The predicted molar refractivity (Wildman–Crippen MR) is 76.2 cm³/mol. The van der Waals surface area contributed by atoms with Gasteiger partial charge in [0.1, 0.15) is 17.8 Å². The molecule has 7 heteroatoms. The Morgan fingerprint density at radius 1 is 1.16 bits per heavy atom. The van der Waals surface area contributed by atoms with E-state index >= 15 is 0 Å². The summed E-state index contributed by atoms with van der Waals surface area (Å²) in [7, 11) is 1.80. The Morgan fingerprint density at radius 3 is 2.68 bits per heavy atom. The van der Waals surface area contributed by atoms with Crippen molar-refractivity contribution in [2.45, 2.75) is 0 Å². The number of nitrogen functional groups attached to an aromatic ring is 1. The Hall–Kier alpha value is -1.85. The minimum absolute atomic E-state index is 0.388. The lowest BCUT2D eigenvalue weighted by Gasteiger charge is -2.01. The normalized spacial score (nSPS) is 11.1. The maximum atomic E-state index is 6.03. The van der Waals surface area contributed by atoms with E-state index in [0.717, 1.165) is 5.56 Å². The molecule has 0 amide bonds. The van der Waals surface area contributed by atoms with Gasteiger partial charge in [-0.1, -0.05) is 29.3 Å². The van der Waals surface area contributed by atoms with Gasteiger partial charge in [-0.15, -0.1) is 0 Å². The van der Waals surface area contributed by atoms with Gasteiger partial charge in [0.15, 0.2) is 5.65 Å². The van der Waals surface area contributed by atoms with Crippen LogP contribution in [0.1, 0.15) is 0 Å². The fourth-order valence-electron chi connectivity index (χ4n) is 1.95. The topological polar surface area (TPSA) is 69.6 Å². The van der Waals surface area contributed by atoms with Crippen LogP contribution in [0.25, 0.3) is 22.3 Å². The van der Waals surface area contributed by atoms with Crippen LogP contribution in [0.4, 0.5) is 5.82 Å². The van der Waals surface area contributed by atoms with Gasteiger partial charge < -0.3 is 5.73 Å². The van der Waals surface area contributed by atoms with Crippen LogP contribution in [0.5, 0.6) is 0 Å². The van der Waals surface area contributed by atoms with Crippen LogP contribution in [-0.2, 0) is 7.05 Å². The Labute approximate surface area is 119 Å². The fraction of sp³-hybridized carbons (Fsp3) is 0.0833. The number of hydrogen-bond acceptors (Lipinski definition) is 4. The quantitative estimate of drug-likeness (QED) is 0.749. The number of anilines is 1. The molecule has 2 aromatic heterocycles. The van der Waals surface area contributed by atoms with E-state index in [-0.39, 0.29) is 0 Å². The van der Waals surface area contributed by atoms with Crippen LogP contribution in [0, 0.1) is 0 Å². The lowest BCUT2D eigenvalue weighted by molar-refractivity contribution is 0.789. The smallest absolute Gasteiger partial charge is 0.163 e. The first-order valence-electron chi connectivity index (χ1n) is 5.46. The third kappa shape index (κ3) is 1.91. The third-order valence-corrected chi connectivity index (χ3v) is 3.58. The van der Waals surface area contributed by atoms with Gasteiger partial charge in [-0.25, -0.2) is 14.6 Å². The molecule has 0 fully saturated rings. The van der Waals surface area contributed by atoms with Crippen molar-refractivity contribution in [2.75, 3.05) is 5.73 Å². The van der Waals surface area contributed by atoms with Gasteiger partial charge >= 0.3 is 0 Å². The number of hydrogen-bond donors (Lipinski definition) is 1. The van der Waals surface area contributed by atoms with Crippen molar-refractivity contribution in [3.63, 3.8) is 0 Å². The van der Waals surface area contributed by atoms with Crippen molar-refractivity contribution in [1.82, 2.24) is 19.7 Å². The summed E-state index contributed by atoms with van der Waals surface area (Å²) in [5.41, 5.74) is 8.10. The third-order valence-electron chi connectivity index (χ3n) is 2.84. The van der Waals surface area contributed by atoms with E-state index < -0.39 is 0 Å². The van der Waals surface area contributed by atoms with Gasteiger partial charge in [0, 0.05) is 12.6 Å². The van der Waals surface area contributed by atoms with Gasteiger partial charge in [0.2, 0.25) is 0 Å². The summed E-state index contributed by atoms with van der Waals surface area (Å²) in [5.74, 6) is 0.388. The molecule has 3 aromatic rings. The standard InChI is InChI=1S/C12H9Cl2N5/c1-19-12-9(11(15)16-5-17-12)10(18-19)6-2-3-7(13)8(14)4-6/h2-5H,1H3,(H2,15,16,17). The summed E-state index contributed by atoms with van der Waals surface area (Å²) in [6, 6.07) is 5.31. The molecule has 0 bridgehead atoms. The summed E-state index contributed by atoms with van der Waals surface area (Å²) in [5, 5.41) is 6.10. The lowest BCUT2D eigenvalue weighted by Crippen LogP contribution is -1.95. The van der Waals surface area contributed by atoms with E-state index in [1.165, 1.54) is 6.33 Å². The molecule has 0 aliphatic rings. The molecule has 0 saturated carbocycles. The second-order valence-electron chi connectivity index (χ2n) is 4.06. The summed E-state index contributed by atoms with van der Waals surface area (Å²) < 4.78 is 1.66. The molecule has 0 saturated heterocycles. The van der Waals surface area contributed by atoms with Crippen molar-refractivity contribution >= 4 is 40.1 Å². The lowest BCUT2D eigenvalue weighted by atomic mass is 10.1. The van der Waals surface area contributed by atoms with Crippen molar-refractivity contribution < 1.29 is 0 Å². The molecule has 2 N–H and O–H groups in total. The molecule has 0 unspecified atom stereocenters. The van der Waals surface area contributed by atoms with E-state index in [1.807, 2.05) is 6.07 Å². The second-order valence-corrected chi connectivity index (χ2v) is 4.87. The Morgan fingerprint density at radius 2 is 1.95 bits per heavy atom. The van der Waals surface area contributed by atoms with Crippen molar-refractivity contribution in [3.05, 3.63) is 34.6 Å². The minimum Gasteiger partial charge on any atom is -0.383 e. The summed E-state index contributed by atoms with van der Waals surface area (Å²) >= 11 is 11.9. The Kier molecular flexibility index (Phi) is 2.80. The van der Waals surface area contributed by atoms with Crippen LogP contribution in [0.15, 0.2) is 24.5 Å². The predicted octanol–water partition coefficient (Wildman–Crippen LogP) is 2.92. The van der Waals surface area contributed by atoms with E-state index in [0.29, 0.717) is 32.6 Å². The van der Waals surface area contributed by atoms with E-state index in [2.05, 4.69) is 15.1 Å². The highest BCUT2D eigenvalue weighted by molar-refractivity contribution is 6.42. The molecule has 0 aliphatic heterocycles. The number of nitrogens with zero attached hydrogens (tertiary/aromatic N) is 4. The molecule has 0 radical (unpaired) electrons. The van der Waals surface area contributed by atoms with Gasteiger partial charge in [-0.3, -0.25) is 0 Å². The zero-order chi connectivity index (χ0) is 13.6. The Bertz CT molecular complexity index is 781. The number of rotatable bonds is 1. The molecule has 96 valence electrons. The van der Waals surface area contributed by atoms with Crippen LogP contribution in [-0.4, -0.2) is 19.7 Å². The molecule has 0 aliphatic carbocycles. The highest BCUT2D eigenvalue weighted by Gasteiger charge is 2.15. The minimum atomic E-state index is 0.388. The second kappa shape index (κ2) is 4.36. The maximum absolute atomic E-state index is 6.03. The molecular formula is C12H9Cl2N5. The van der Waals surface area contributed by atoms with Crippen LogP contribution >= 0.6 is 23.2 Å². The largest absolute Gasteiger partial charge is 0.383 e. The van der Waals surface area contributed by atoms with Gasteiger partial charge in [-0.2, -0.15) is 5.10 Å². The number of nitrogens with two attached hydrogens (primary N) is 1. The Balaban J connectivity index is 2.33. The average molecular weight is 294 g/mol. The first kappa shape index (κ1) is 12.2. The SMILES string of the molecule is Cn1nc(-c2ccc(Cl)c(Cl)c2)c2c(N)ncnc21.